The number of nitrogens with two attached hydrogens (primary N) is 2. The zero-order valence-electron chi connectivity index (χ0n) is 25.2. The van der Waals surface area contributed by atoms with E-state index in [0.717, 1.165) is 37.2 Å². The average molecular weight is 573 g/mol. The number of rotatable bonds is 22. The van der Waals surface area contributed by atoms with Crippen LogP contribution in [-0.2, 0) is 4.12 Å². The smallest absolute Gasteiger partial charge is 0.176 e. The summed E-state index contributed by atoms with van der Waals surface area (Å²) in [5.74, 6) is 1.71. The van der Waals surface area contributed by atoms with Gasteiger partial charge in [-0.15, -0.1) is 0 Å². The van der Waals surface area contributed by atoms with Gasteiger partial charge in [0.2, 0.25) is 0 Å². The van der Waals surface area contributed by atoms with Gasteiger partial charge in [-0.25, -0.2) is 0 Å². The fourth-order valence-corrected chi connectivity index (χ4v) is 14.2. The van der Waals surface area contributed by atoms with Crippen molar-refractivity contribution in [1.29, 1.82) is 0 Å². The van der Waals surface area contributed by atoms with Crippen molar-refractivity contribution >= 4 is 16.6 Å². The topological polar surface area (TPSA) is 79.7 Å². The summed E-state index contributed by atoms with van der Waals surface area (Å²) in [5.41, 5.74) is 12.3. The standard InChI is InChI=1S/C32H56N2O3Si2/c1-38(2,3)37-39(4,27-19-9-5-7-17-25-31(33)35-29-21-13-11-14-22-29)28-20-10-6-8-18-26-32(34)36-30-23-15-12-16-24-30/h11-16,21-24,31-32H,5-10,17-20,25-28,33-34H2,1-4H3. The van der Waals surface area contributed by atoms with E-state index in [0.29, 0.717) is 0 Å². The number of ether oxygens (including phenoxy) is 2. The number of para-hydroxylation sites is 2. The first-order valence-electron chi connectivity index (χ1n) is 15.3. The quantitative estimate of drug-likeness (QED) is 0.0837. The lowest BCUT2D eigenvalue weighted by atomic mass is 10.1. The molecule has 0 aromatic heterocycles. The van der Waals surface area contributed by atoms with Crippen LogP contribution in [0.15, 0.2) is 60.7 Å². The van der Waals surface area contributed by atoms with Gasteiger partial charge in [0.1, 0.15) is 24.0 Å². The summed E-state index contributed by atoms with van der Waals surface area (Å²) in [5, 5.41) is 0. The second-order valence-electron chi connectivity index (χ2n) is 12.2. The zero-order chi connectivity index (χ0) is 28.4. The third-order valence-corrected chi connectivity index (χ3v) is 14.2. The summed E-state index contributed by atoms with van der Waals surface area (Å²) in [6.07, 6.45) is 13.8. The Labute approximate surface area is 241 Å². The number of unbranched alkanes of at least 4 members (excludes halogenated alkanes) is 8. The van der Waals surface area contributed by atoms with Gasteiger partial charge in [0.25, 0.3) is 0 Å². The molecule has 7 heteroatoms. The minimum Gasteiger partial charge on any atom is -0.476 e. The minimum atomic E-state index is -1.66. The normalized spacial score (nSPS) is 14.9. The van der Waals surface area contributed by atoms with Crippen LogP contribution < -0.4 is 20.9 Å². The third kappa shape index (κ3) is 16.9. The predicted molar refractivity (Wildman–Crippen MR) is 171 cm³/mol. The highest BCUT2D eigenvalue weighted by Gasteiger charge is 2.33. The lowest BCUT2D eigenvalue weighted by Crippen LogP contribution is -2.44. The second-order valence-corrected chi connectivity index (χ2v) is 21.2. The van der Waals surface area contributed by atoms with Gasteiger partial charge in [0, 0.05) is 0 Å². The van der Waals surface area contributed by atoms with Gasteiger partial charge in [0.05, 0.1) is 0 Å². The summed E-state index contributed by atoms with van der Waals surface area (Å²) in [6, 6.07) is 22.3. The Balaban J connectivity index is 1.55. The number of hydrogen-bond donors (Lipinski definition) is 2. The van der Waals surface area contributed by atoms with Crippen molar-refractivity contribution in [2.75, 3.05) is 0 Å². The molecule has 2 unspecified atom stereocenters. The van der Waals surface area contributed by atoms with Crippen LogP contribution >= 0.6 is 0 Å². The Bertz CT molecular complexity index is 803. The third-order valence-electron chi connectivity index (χ3n) is 7.00. The van der Waals surface area contributed by atoms with Crippen molar-refractivity contribution in [1.82, 2.24) is 0 Å². The lowest BCUT2D eigenvalue weighted by Gasteiger charge is -2.35. The summed E-state index contributed by atoms with van der Waals surface area (Å²) in [4.78, 5) is 0. The molecule has 4 N–H and O–H groups in total. The predicted octanol–water partition coefficient (Wildman–Crippen LogP) is 8.82. The number of hydrogen-bond acceptors (Lipinski definition) is 5. The van der Waals surface area contributed by atoms with Crippen molar-refractivity contribution in [2.24, 2.45) is 11.5 Å². The molecule has 0 heterocycles. The van der Waals surface area contributed by atoms with Gasteiger partial charge >= 0.3 is 0 Å². The van der Waals surface area contributed by atoms with Gasteiger partial charge < -0.3 is 13.6 Å². The van der Waals surface area contributed by atoms with E-state index in [1.165, 1.54) is 63.5 Å². The zero-order valence-corrected chi connectivity index (χ0v) is 27.2. The van der Waals surface area contributed by atoms with E-state index < -0.39 is 16.6 Å². The average Bonchev–Trinajstić information content (AvgIpc) is 2.87. The highest BCUT2D eigenvalue weighted by Crippen LogP contribution is 2.28. The lowest BCUT2D eigenvalue weighted by molar-refractivity contribution is 0.194. The van der Waals surface area contributed by atoms with Gasteiger partial charge in [-0.2, -0.15) is 0 Å². The Morgan fingerprint density at radius 2 is 0.897 bits per heavy atom. The number of benzene rings is 2. The molecule has 0 saturated heterocycles. The molecule has 0 fully saturated rings. The fourth-order valence-electron chi connectivity index (χ4n) is 5.18. The fraction of sp³-hybridized carbons (Fsp3) is 0.625. The first-order valence-corrected chi connectivity index (χ1v) is 21.5. The van der Waals surface area contributed by atoms with Gasteiger partial charge in [-0.3, -0.25) is 11.5 Å². The van der Waals surface area contributed by atoms with E-state index in [1.807, 2.05) is 60.7 Å². The van der Waals surface area contributed by atoms with Crippen molar-refractivity contribution in [3.05, 3.63) is 60.7 Å². The SMILES string of the molecule is C[Si](C)(C)O[Si](C)(CCCCCCCC(N)Oc1ccccc1)CCCCCCCC(N)Oc1ccccc1. The van der Waals surface area contributed by atoms with Crippen LogP contribution in [-0.4, -0.2) is 29.1 Å². The van der Waals surface area contributed by atoms with E-state index in [2.05, 4.69) is 26.2 Å². The van der Waals surface area contributed by atoms with Gasteiger partial charge in [-0.1, -0.05) is 87.8 Å². The van der Waals surface area contributed by atoms with Crippen LogP contribution in [0.5, 0.6) is 11.5 Å². The molecule has 0 saturated carbocycles. The van der Waals surface area contributed by atoms with E-state index in [1.54, 1.807) is 0 Å². The van der Waals surface area contributed by atoms with Gasteiger partial charge in [0.15, 0.2) is 16.6 Å². The maximum Gasteiger partial charge on any atom is 0.176 e. The highest BCUT2D eigenvalue weighted by atomic mass is 28.4. The van der Waals surface area contributed by atoms with Crippen molar-refractivity contribution in [3.8, 4) is 11.5 Å². The van der Waals surface area contributed by atoms with Gasteiger partial charge in [-0.05, 0) is 88.2 Å². The Kier molecular flexibility index (Phi) is 16.1. The molecule has 39 heavy (non-hydrogen) atoms. The molecule has 0 aliphatic rings. The highest BCUT2D eigenvalue weighted by molar-refractivity contribution is 6.84. The van der Waals surface area contributed by atoms with Crippen LogP contribution in [0.25, 0.3) is 0 Å². The molecular weight excluding hydrogens is 517 g/mol. The van der Waals surface area contributed by atoms with Crippen molar-refractivity contribution in [3.63, 3.8) is 0 Å². The van der Waals surface area contributed by atoms with Crippen LogP contribution in [0.3, 0.4) is 0 Å². The summed E-state index contributed by atoms with van der Waals surface area (Å²) >= 11 is 0. The Morgan fingerprint density at radius 3 is 1.28 bits per heavy atom. The Hall–Kier alpha value is -1.65. The Morgan fingerprint density at radius 1 is 0.538 bits per heavy atom. The van der Waals surface area contributed by atoms with E-state index in [9.17, 15) is 0 Å². The van der Waals surface area contributed by atoms with Crippen molar-refractivity contribution in [2.45, 2.75) is 128 Å². The molecule has 5 nitrogen and oxygen atoms in total. The molecule has 0 amide bonds. The monoisotopic (exact) mass is 572 g/mol. The summed E-state index contributed by atoms with van der Waals surface area (Å²) < 4.78 is 18.5. The molecule has 0 radical (unpaired) electrons. The molecule has 0 bridgehead atoms. The van der Waals surface area contributed by atoms with Crippen LogP contribution in [0, 0.1) is 0 Å². The minimum absolute atomic E-state index is 0.215. The summed E-state index contributed by atoms with van der Waals surface area (Å²) in [7, 11) is -3.20. The first kappa shape index (κ1) is 33.6. The molecule has 2 rings (SSSR count). The second kappa shape index (κ2) is 18.7. The molecule has 2 atom stereocenters. The van der Waals surface area contributed by atoms with E-state index in [4.69, 9.17) is 25.1 Å². The largest absolute Gasteiger partial charge is 0.476 e. The van der Waals surface area contributed by atoms with E-state index in [-0.39, 0.29) is 12.5 Å². The van der Waals surface area contributed by atoms with Crippen molar-refractivity contribution < 1.29 is 13.6 Å². The maximum atomic E-state index is 6.87. The first-order chi connectivity index (χ1) is 18.7. The molecule has 2 aromatic rings. The van der Waals surface area contributed by atoms with Crippen LogP contribution in [0.4, 0.5) is 0 Å². The molecule has 220 valence electrons. The molecule has 0 aliphatic heterocycles. The van der Waals surface area contributed by atoms with Crippen LogP contribution in [0.2, 0.25) is 38.3 Å². The van der Waals surface area contributed by atoms with Crippen LogP contribution in [0.1, 0.15) is 77.0 Å². The van der Waals surface area contributed by atoms with E-state index >= 15 is 0 Å². The summed E-state index contributed by atoms with van der Waals surface area (Å²) in [6.45, 7) is 9.53. The molecular formula is C32H56N2O3Si2. The molecule has 0 spiro atoms. The molecule has 0 aliphatic carbocycles. The molecule has 2 aromatic carbocycles. The maximum absolute atomic E-state index is 6.87.